The van der Waals surface area contributed by atoms with Gasteiger partial charge in [-0.05, 0) is 52.1 Å². The molecule has 1 fully saturated rings. The fourth-order valence-electron chi connectivity index (χ4n) is 4.49. The van der Waals surface area contributed by atoms with E-state index >= 15 is 0 Å². The number of rotatable bonds is 7. The van der Waals surface area contributed by atoms with E-state index in [9.17, 15) is 0 Å². The van der Waals surface area contributed by atoms with E-state index in [0.717, 1.165) is 57.3 Å². The molecule has 27 heavy (non-hydrogen) atoms. The molecule has 0 amide bonds. The van der Waals surface area contributed by atoms with E-state index in [2.05, 4.69) is 20.6 Å². The lowest BCUT2D eigenvalue weighted by Gasteiger charge is -2.39. The van der Waals surface area contributed by atoms with E-state index in [1.807, 2.05) is 12.4 Å². The number of nitrogens with one attached hydrogen (secondary N) is 1. The van der Waals surface area contributed by atoms with Gasteiger partial charge in [-0.2, -0.15) is 0 Å². The van der Waals surface area contributed by atoms with Crippen LogP contribution in [0, 0.1) is 6.92 Å². The van der Waals surface area contributed by atoms with Crippen LogP contribution in [0.1, 0.15) is 48.5 Å². The normalized spacial score (nSPS) is 18.7. The Hall–Kier alpha value is -1.57. The number of ether oxygens (including phenoxy) is 1. The van der Waals surface area contributed by atoms with Gasteiger partial charge in [0, 0.05) is 43.2 Å². The van der Waals surface area contributed by atoms with Crippen LogP contribution in [0.15, 0.2) is 10.9 Å². The molecule has 2 aliphatic rings. The zero-order valence-corrected chi connectivity index (χ0v) is 17.1. The fourth-order valence-corrected chi connectivity index (χ4v) is 5.04. The number of nitrogens with zero attached hydrogens (tertiary/aromatic N) is 4. The van der Waals surface area contributed by atoms with Crippen molar-refractivity contribution in [1.82, 2.24) is 19.9 Å². The fraction of sp³-hybridized carbons (Fsp3) is 0.650. The summed E-state index contributed by atoms with van der Waals surface area (Å²) in [5, 5.41) is 5.69. The van der Waals surface area contributed by atoms with Crippen molar-refractivity contribution < 1.29 is 4.74 Å². The molecular weight excluding hydrogens is 358 g/mol. The van der Waals surface area contributed by atoms with Crippen LogP contribution in [0.5, 0.6) is 0 Å². The van der Waals surface area contributed by atoms with Crippen molar-refractivity contribution in [3.05, 3.63) is 33.7 Å². The number of fused-ring (bicyclic) bond motifs is 2. The molecule has 7 heteroatoms. The largest absolute Gasteiger partial charge is 0.385 e. The van der Waals surface area contributed by atoms with Crippen LogP contribution in [-0.4, -0.2) is 53.2 Å². The number of aromatic nitrogens is 3. The zero-order valence-electron chi connectivity index (χ0n) is 16.3. The molecule has 2 aromatic rings. The molecular formula is C20H29N5OS. The van der Waals surface area contributed by atoms with E-state index in [4.69, 9.17) is 14.7 Å². The van der Waals surface area contributed by atoms with Crippen molar-refractivity contribution in [2.75, 3.05) is 38.7 Å². The SMILES string of the molecule is COCCCNc1nc(C)nc2c1CCC21CCN(Cc2cscn2)CC1. The highest BCUT2D eigenvalue weighted by atomic mass is 32.1. The molecule has 6 nitrogen and oxygen atoms in total. The van der Waals surface area contributed by atoms with Gasteiger partial charge in [-0.1, -0.05) is 0 Å². The maximum Gasteiger partial charge on any atom is 0.133 e. The number of aryl methyl sites for hydroxylation is 1. The minimum Gasteiger partial charge on any atom is -0.385 e. The van der Waals surface area contributed by atoms with Gasteiger partial charge in [0.1, 0.15) is 11.6 Å². The van der Waals surface area contributed by atoms with Gasteiger partial charge in [0.15, 0.2) is 0 Å². The summed E-state index contributed by atoms with van der Waals surface area (Å²) in [4.78, 5) is 16.6. The highest BCUT2D eigenvalue weighted by Crippen LogP contribution is 2.47. The maximum atomic E-state index is 5.15. The van der Waals surface area contributed by atoms with Crippen molar-refractivity contribution >= 4 is 17.2 Å². The number of piperidine rings is 1. The van der Waals surface area contributed by atoms with Crippen LogP contribution in [0.25, 0.3) is 0 Å². The predicted molar refractivity (Wildman–Crippen MR) is 108 cm³/mol. The Kier molecular flexibility index (Phi) is 5.71. The predicted octanol–water partition coefficient (Wildman–Crippen LogP) is 3.17. The average molecular weight is 388 g/mol. The molecule has 0 unspecified atom stereocenters. The van der Waals surface area contributed by atoms with Gasteiger partial charge >= 0.3 is 0 Å². The van der Waals surface area contributed by atoms with Crippen LogP contribution in [-0.2, 0) is 23.1 Å². The first kappa shape index (κ1) is 18.8. The summed E-state index contributed by atoms with van der Waals surface area (Å²) >= 11 is 1.68. The monoisotopic (exact) mass is 387 g/mol. The second-order valence-electron chi connectivity index (χ2n) is 7.76. The molecule has 1 N–H and O–H groups in total. The molecule has 1 aliphatic carbocycles. The van der Waals surface area contributed by atoms with E-state index < -0.39 is 0 Å². The Morgan fingerprint density at radius 2 is 2.11 bits per heavy atom. The smallest absolute Gasteiger partial charge is 0.133 e. The summed E-state index contributed by atoms with van der Waals surface area (Å²) in [7, 11) is 1.75. The number of methoxy groups -OCH3 is 1. The molecule has 0 radical (unpaired) electrons. The van der Waals surface area contributed by atoms with E-state index in [-0.39, 0.29) is 5.41 Å². The first-order valence-electron chi connectivity index (χ1n) is 9.90. The zero-order chi connectivity index (χ0) is 18.7. The second-order valence-corrected chi connectivity index (χ2v) is 8.47. The minimum absolute atomic E-state index is 0.241. The molecule has 3 heterocycles. The molecule has 146 valence electrons. The third-order valence-corrected chi connectivity index (χ3v) is 6.61. The summed E-state index contributed by atoms with van der Waals surface area (Å²) in [5.74, 6) is 1.93. The summed E-state index contributed by atoms with van der Waals surface area (Å²) < 4.78 is 5.15. The molecule has 0 saturated carbocycles. The lowest BCUT2D eigenvalue weighted by atomic mass is 9.76. The van der Waals surface area contributed by atoms with Crippen LogP contribution in [0.2, 0.25) is 0 Å². The number of thiazole rings is 1. The first-order valence-corrected chi connectivity index (χ1v) is 10.8. The van der Waals surface area contributed by atoms with Gasteiger partial charge in [-0.3, -0.25) is 4.90 Å². The van der Waals surface area contributed by atoms with Gasteiger partial charge < -0.3 is 10.1 Å². The third kappa shape index (κ3) is 4.00. The molecule has 0 atom stereocenters. The summed E-state index contributed by atoms with van der Waals surface area (Å²) in [6.45, 7) is 6.90. The number of hydrogen-bond acceptors (Lipinski definition) is 7. The Morgan fingerprint density at radius 3 is 2.85 bits per heavy atom. The van der Waals surface area contributed by atoms with E-state index in [1.54, 1.807) is 18.4 Å². The van der Waals surface area contributed by atoms with Gasteiger partial charge in [-0.25, -0.2) is 15.0 Å². The molecule has 1 aliphatic heterocycles. The lowest BCUT2D eigenvalue weighted by Crippen LogP contribution is -2.41. The van der Waals surface area contributed by atoms with Crippen molar-refractivity contribution in [3.63, 3.8) is 0 Å². The number of likely N-dealkylation sites (tertiary alicyclic amines) is 1. The lowest BCUT2D eigenvalue weighted by molar-refractivity contribution is 0.149. The first-order chi connectivity index (χ1) is 13.2. The van der Waals surface area contributed by atoms with Crippen LogP contribution >= 0.6 is 11.3 Å². The Bertz CT molecular complexity index is 756. The van der Waals surface area contributed by atoms with Crippen LogP contribution in [0.4, 0.5) is 5.82 Å². The van der Waals surface area contributed by atoms with Gasteiger partial charge in [0.25, 0.3) is 0 Å². The van der Waals surface area contributed by atoms with Crippen molar-refractivity contribution in [2.24, 2.45) is 0 Å². The summed E-state index contributed by atoms with van der Waals surface area (Å²) in [5.41, 5.74) is 6.03. The molecule has 1 saturated heterocycles. The topological polar surface area (TPSA) is 63.2 Å². The second kappa shape index (κ2) is 8.20. The van der Waals surface area contributed by atoms with E-state index in [1.165, 1.54) is 36.2 Å². The number of anilines is 1. The maximum absolute atomic E-state index is 5.15. The molecule has 1 spiro atoms. The van der Waals surface area contributed by atoms with Crippen molar-refractivity contribution in [2.45, 2.75) is 51.0 Å². The summed E-state index contributed by atoms with van der Waals surface area (Å²) in [6, 6.07) is 0. The third-order valence-electron chi connectivity index (χ3n) is 5.97. The molecule has 2 aromatic heterocycles. The summed E-state index contributed by atoms with van der Waals surface area (Å²) in [6.07, 6.45) is 5.66. The number of hydrogen-bond donors (Lipinski definition) is 1. The highest BCUT2D eigenvalue weighted by Gasteiger charge is 2.43. The molecule has 0 aromatic carbocycles. The Balaban J connectivity index is 1.46. The van der Waals surface area contributed by atoms with Crippen molar-refractivity contribution in [3.8, 4) is 0 Å². The Labute approximate surface area is 165 Å². The van der Waals surface area contributed by atoms with Gasteiger partial charge in [0.05, 0.1) is 16.9 Å². The van der Waals surface area contributed by atoms with E-state index in [0.29, 0.717) is 0 Å². The quantitative estimate of drug-likeness (QED) is 0.736. The molecule has 4 rings (SSSR count). The molecule has 0 bridgehead atoms. The van der Waals surface area contributed by atoms with Gasteiger partial charge in [-0.15, -0.1) is 11.3 Å². The van der Waals surface area contributed by atoms with Gasteiger partial charge in [0.2, 0.25) is 0 Å². The highest BCUT2D eigenvalue weighted by molar-refractivity contribution is 7.07. The van der Waals surface area contributed by atoms with Crippen LogP contribution < -0.4 is 5.32 Å². The van der Waals surface area contributed by atoms with Crippen molar-refractivity contribution in [1.29, 1.82) is 0 Å². The van der Waals surface area contributed by atoms with Crippen LogP contribution in [0.3, 0.4) is 0 Å². The Morgan fingerprint density at radius 1 is 1.26 bits per heavy atom. The minimum atomic E-state index is 0.241. The standard InChI is InChI=1S/C20H29N5OS/c1-15-23-18-17(19(24-15)21-8-3-11-26-2)4-5-20(18)6-9-25(10-7-20)12-16-13-27-14-22-16/h13-14H,3-12H2,1-2H3,(H,21,23,24). The average Bonchev–Trinajstić information content (AvgIpc) is 3.30.